The van der Waals surface area contributed by atoms with Crippen LogP contribution >= 0.6 is 0 Å². The summed E-state index contributed by atoms with van der Waals surface area (Å²) in [6, 6.07) is 19.2. The molecular weight excluding hydrogens is 518 g/mol. The summed E-state index contributed by atoms with van der Waals surface area (Å²) in [4.78, 5) is 12.5. The van der Waals surface area contributed by atoms with Crippen molar-refractivity contribution in [3.05, 3.63) is 70.8 Å². The van der Waals surface area contributed by atoms with Gasteiger partial charge >= 0.3 is 6.16 Å². The summed E-state index contributed by atoms with van der Waals surface area (Å²) >= 11 is 0. The summed E-state index contributed by atoms with van der Waals surface area (Å²) in [5, 5.41) is 3.73. The van der Waals surface area contributed by atoms with Crippen LogP contribution in [-0.4, -0.2) is 31.5 Å². The van der Waals surface area contributed by atoms with Crippen LogP contribution in [0.4, 0.5) is 4.79 Å². The van der Waals surface area contributed by atoms with Crippen molar-refractivity contribution in [2.75, 3.05) is 13.2 Å². The van der Waals surface area contributed by atoms with Crippen molar-refractivity contribution < 1.29 is 14.3 Å². The standard InChI is InChI=1S/C38H55NO3/c1-2-3-4-5-6-13-26-41-38(40)42-35-27-36(39-28-35)37(33-22-18-31(19-23-33)29-14-9-7-10-15-29)34-24-20-32(21-25-34)30-16-11-8-12-17-30/h18-25,29-30,35-37,39H,2-17,26-28H2,1H3/t35-,36-/m1/s1. The molecule has 5 rings (SSSR count). The number of carbonyl (C=O) groups is 1. The van der Waals surface area contributed by atoms with Gasteiger partial charge in [0.25, 0.3) is 0 Å². The molecule has 0 unspecified atom stereocenters. The molecule has 2 saturated carbocycles. The second kappa shape index (κ2) is 16.5. The van der Waals surface area contributed by atoms with Crippen molar-refractivity contribution >= 4 is 6.16 Å². The molecule has 2 atom stereocenters. The third-order valence-corrected chi connectivity index (χ3v) is 10.3. The van der Waals surface area contributed by atoms with E-state index in [1.807, 2.05) is 0 Å². The fourth-order valence-electron chi connectivity index (χ4n) is 7.76. The van der Waals surface area contributed by atoms with Gasteiger partial charge in [0.05, 0.1) is 6.61 Å². The topological polar surface area (TPSA) is 47.6 Å². The van der Waals surface area contributed by atoms with E-state index in [-0.39, 0.29) is 18.1 Å². The van der Waals surface area contributed by atoms with Gasteiger partial charge in [-0.1, -0.05) is 126 Å². The minimum absolute atomic E-state index is 0.155. The number of benzene rings is 2. The number of hydrogen-bond donors (Lipinski definition) is 1. The summed E-state index contributed by atoms with van der Waals surface area (Å²) in [6.45, 7) is 3.36. The fraction of sp³-hybridized carbons (Fsp3) is 0.658. The smallest absolute Gasteiger partial charge is 0.434 e. The largest absolute Gasteiger partial charge is 0.508 e. The molecule has 1 heterocycles. The molecule has 0 bridgehead atoms. The first-order valence-electron chi connectivity index (χ1n) is 17.5. The van der Waals surface area contributed by atoms with Crippen LogP contribution in [-0.2, 0) is 9.47 Å². The summed E-state index contributed by atoms with van der Waals surface area (Å²) in [7, 11) is 0. The van der Waals surface area contributed by atoms with Crippen LogP contribution in [0.2, 0.25) is 0 Å². The Morgan fingerprint density at radius 2 is 1.26 bits per heavy atom. The predicted octanol–water partition coefficient (Wildman–Crippen LogP) is 10.2. The first-order chi connectivity index (χ1) is 20.7. The minimum Gasteiger partial charge on any atom is -0.434 e. The number of carbonyl (C=O) groups excluding carboxylic acids is 1. The van der Waals surface area contributed by atoms with Crippen LogP contribution < -0.4 is 5.32 Å². The molecule has 4 heteroatoms. The summed E-state index contributed by atoms with van der Waals surface area (Å²) in [5.41, 5.74) is 5.70. The molecule has 1 saturated heterocycles. The Morgan fingerprint density at radius 3 is 1.81 bits per heavy atom. The van der Waals surface area contributed by atoms with Gasteiger partial charge < -0.3 is 14.8 Å². The maximum absolute atomic E-state index is 12.5. The monoisotopic (exact) mass is 573 g/mol. The lowest BCUT2D eigenvalue weighted by atomic mass is 9.79. The van der Waals surface area contributed by atoms with Crippen LogP contribution in [0.3, 0.4) is 0 Å². The van der Waals surface area contributed by atoms with Gasteiger partial charge in [-0.05, 0) is 66.2 Å². The predicted molar refractivity (Wildman–Crippen MR) is 172 cm³/mol. The second-order valence-corrected chi connectivity index (χ2v) is 13.3. The average Bonchev–Trinajstić information content (AvgIpc) is 3.50. The van der Waals surface area contributed by atoms with Gasteiger partial charge in [-0.15, -0.1) is 0 Å². The Balaban J connectivity index is 1.22. The van der Waals surface area contributed by atoms with Crippen molar-refractivity contribution in [1.82, 2.24) is 5.32 Å². The number of hydrogen-bond acceptors (Lipinski definition) is 4. The van der Waals surface area contributed by atoms with Crippen LogP contribution in [0, 0.1) is 0 Å². The highest BCUT2D eigenvalue weighted by Crippen LogP contribution is 2.38. The molecule has 1 aliphatic heterocycles. The van der Waals surface area contributed by atoms with E-state index in [0.717, 1.165) is 19.3 Å². The van der Waals surface area contributed by atoms with Crippen LogP contribution in [0.1, 0.15) is 156 Å². The van der Waals surface area contributed by atoms with Gasteiger partial charge in [-0.25, -0.2) is 4.79 Å². The molecule has 0 aromatic heterocycles. The van der Waals surface area contributed by atoms with Crippen LogP contribution in [0.25, 0.3) is 0 Å². The van der Waals surface area contributed by atoms with E-state index in [0.29, 0.717) is 25.0 Å². The van der Waals surface area contributed by atoms with Gasteiger partial charge in [0.1, 0.15) is 6.10 Å². The fourth-order valence-corrected chi connectivity index (χ4v) is 7.76. The normalized spacial score (nSPS) is 22.0. The lowest BCUT2D eigenvalue weighted by molar-refractivity contribution is 0.0279. The summed E-state index contributed by atoms with van der Waals surface area (Å²) in [6.07, 6.45) is 20.7. The van der Waals surface area contributed by atoms with Crippen molar-refractivity contribution in [2.45, 2.75) is 146 Å². The highest BCUT2D eigenvalue weighted by atomic mass is 16.7. The van der Waals surface area contributed by atoms with Crippen molar-refractivity contribution in [3.63, 3.8) is 0 Å². The molecular formula is C38H55NO3. The van der Waals surface area contributed by atoms with Gasteiger partial charge in [-0.3, -0.25) is 0 Å². The van der Waals surface area contributed by atoms with Crippen LogP contribution in [0.5, 0.6) is 0 Å². The Bertz CT molecular complexity index is 991. The zero-order valence-corrected chi connectivity index (χ0v) is 26.2. The highest BCUT2D eigenvalue weighted by Gasteiger charge is 2.35. The molecule has 2 aromatic rings. The van der Waals surface area contributed by atoms with Crippen LogP contribution in [0.15, 0.2) is 48.5 Å². The van der Waals surface area contributed by atoms with Gasteiger partial charge in [0, 0.05) is 24.9 Å². The lowest BCUT2D eigenvalue weighted by Gasteiger charge is -2.27. The molecule has 2 aliphatic carbocycles. The summed E-state index contributed by atoms with van der Waals surface area (Å²) < 4.78 is 11.2. The number of unbranched alkanes of at least 4 members (excludes halogenated alkanes) is 5. The van der Waals surface area contributed by atoms with E-state index >= 15 is 0 Å². The third-order valence-electron chi connectivity index (χ3n) is 10.3. The van der Waals surface area contributed by atoms with E-state index in [1.165, 1.54) is 112 Å². The van der Waals surface area contributed by atoms with Crippen molar-refractivity contribution in [1.29, 1.82) is 0 Å². The van der Waals surface area contributed by atoms with E-state index in [1.54, 1.807) is 0 Å². The van der Waals surface area contributed by atoms with E-state index in [4.69, 9.17) is 9.47 Å². The molecule has 4 nitrogen and oxygen atoms in total. The quantitative estimate of drug-likeness (QED) is 0.191. The van der Waals surface area contributed by atoms with E-state index in [9.17, 15) is 4.79 Å². The van der Waals surface area contributed by atoms with Gasteiger partial charge in [0.15, 0.2) is 0 Å². The average molecular weight is 574 g/mol. The number of rotatable bonds is 13. The van der Waals surface area contributed by atoms with E-state index < -0.39 is 6.16 Å². The molecule has 1 N–H and O–H groups in total. The second-order valence-electron chi connectivity index (χ2n) is 13.3. The third kappa shape index (κ3) is 8.85. The maximum atomic E-state index is 12.5. The van der Waals surface area contributed by atoms with Crippen molar-refractivity contribution in [3.8, 4) is 0 Å². The molecule has 3 aliphatic rings. The Hall–Kier alpha value is -2.33. The lowest BCUT2D eigenvalue weighted by Crippen LogP contribution is -2.29. The Morgan fingerprint density at radius 1 is 0.738 bits per heavy atom. The Kier molecular flexibility index (Phi) is 12.2. The molecule has 2 aromatic carbocycles. The molecule has 0 amide bonds. The molecule has 3 fully saturated rings. The first kappa shape index (κ1) is 31.1. The zero-order valence-electron chi connectivity index (χ0n) is 26.2. The first-order valence-corrected chi connectivity index (χ1v) is 17.5. The molecule has 0 radical (unpaired) electrons. The molecule has 42 heavy (non-hydrogen) atoms. The SMILES string of the molecule is CCCCCCCCOC(=O)O[C@H]1CN[C@@H](C(c2ccc(C3CCCCC3)cc2)c2ccc(C3CCCCC3)cc2)C1. The number of ether oxygens (including phenoxy) is 2. The minimum atomic E-state index is -0.513. The Labute approximate surface area is 255 Å². The van der Waals surface area contributed by atoms with E-state index in [2.05, 4.69) is 60.8 Å². The molecule has 0 spiro atoms. The van der Waals surface area contributed by atoms with Crippen molar-refractivity contribution in [2.24, 2.45) is 0 Å². The van der Waals surface area contributed by atoms with Gasteiger partial charge in [-0.2, -0.15) is 0 Å². The van der Waals surface area contributed by atoms with Gasteiger partial charge in [0.2, 0.25) is 0 Å². The zero-order chi connectivity index (χ0) is 29.0. The maximum Gasteiger partial charge on any atom is 0.508 e. The number of nitrogens with one attached hydrogen (secondary N) is 1. The molecule has 230 valence electrons. The summed E-state index contributed by atoms with van der Waals surface area (Å²) in [5.74, 6) is 1.65. The highest BCUT2D eigenvalue weighted by molar-refractivity contribution is 5.60.